The molecule has 0 fully saturated rings. The van der Waals surface area contributed by atoms with Crippen LogP contribution in [0, 0.1) is 13.8 Å². The first-order chi connectivity index (χ1) is 11.2. The molecule has 0 spiro atoms. The third kappa shape index (κ3) is 3.83. The van der Waals surface area contributed by atoms with Crippen LogP contribution < -0.4 is 10.6 Å². The van der Waals surface area contributed by atoms with Crippen LogP contribution in [0.3, 0.4) is 0 Å². The third-order valence-corrected chi connectivity index (χ3v) is 3.57. The maximum absolute atomic E-state index is 4.51. The van der Waals surface area contributed by atoms with Crippen molar-refractivity contribution >= 4 is 17.5 Å². The molecule has 0 aliphatic heterocycles. The van der Waals surface area contributed by atoms with E-state index in [0.29, 0.717) is 12.5 Å². The van der Waals surface area contributed by atoms with Crippen LogP contribution >= 0.6 is 0 Å². The van der Waals surface area contributed by atoms with Crippen LogP contribution in [-0.2, 0) is 6.54 Å². The van der Waals surface area contributed by atoms with Gasteiger partial charge in [-0.05, 0) is 42.7 Å². The smallest absolute Gasteiger partial charge is 0.229 e. The molecule has 2 heterocycles. The Bertz CT molecular complexity index is 766. The molecule has 0 atom stereocenters. The molecule has 116 valence electrons. The van der Waals surface area contributed by atoms with Crippen LogP contribution in [0.25, 0.3) is 0 Å². The number of nitrogens with zero attached hydrogens (tertiary/aromatic N) is 3. The van der Waals surface area contributed by atoms with E-state index in [1.165, 1.54) is 11.1 Å². The Kier molecular flexibility index (Phi) is 4.47. The van der Waals surface area contributed by atoms with Gasteiger partial charge in [0.2, 0.25) is 5.95 Å². The molecule has 3 aromatic rings. The van der Waals surface area contributed by atoms with Crippen LogP contribution in [0.15, 0.2) is 55.0 Å². The van der Waals surface area contributed by atoms with E-state index in [1.807, 2.05) is 30.5 Å². The van der Waals surface area contributed by atoms with Gasteiger partial charge in [0, 0.05) is 30.8 Å². The number of nitrogens with one attached hydrogen (secondary N) is 2. The molecule has 23 heavy (non-hydrogen) atoms. The van der Waals surface area contributed by atoms with Crippen molar-refractivity contribution in [1.29, 1.82) is 0 Å². The molecular weight excluding hydrogens is 286 g/mol. The zero-order chi connectivity index (χ0) is 16.1. The molecule has 0 bridgehead atoms. The maximum Gasteiger partial charge on any atom is 0.229 e. The van der Waals surface area contributed by atoms with Crippen molar-refractivity contribution in [3.63, 3.8) is 0 Å². The van der Waals surface area contributed by atoms with Crippen molar-refractivity contribution in [2.24, 2.45) is 0 Å². The summed E-state index contributed by atoms with van der Waals surface area (Å²) in [5.41, 5.74) is 4.50. The summed E-state index contributed by atoms with van der Waals surface area (Å²) in [6.45, 7) is 4.81. The number of hydrogen-bond acceptors (Lipinski definition) is 5. The van der Waals surface area contributed by atoms with E-state index >= 15 is 0 Å². The average Bonchev–Trinajstić information content (AvgIpc) is 2.58. The van der Waals surface area contributed by atoms with Gasteiger partial charge < -0.3 is 10.6 Å². The predicted octanol–water partition coefficient (Wildman–Crippen LogP) is 3.84. The number of anilines is 3. The van der Waals surface area contributed by atoms with Crippen molar-refractivity contribution in [3.8, 4) is 0 Å². The molecule has 2 N–H and O–H groups in total. The first-order valence-corrected chi connectivity index (χ1v) is 7.51. The molecule has 5 heteroatoms. The van der Waals surface area contributed by atoms with Crippen LogP contribution in [0.4, 0.5) is 17.5 Å². The van der Waals surface area contributed by atoms with E-state index in [-0.39, 0.29) is 0 Å². The fourth-order valence-electron chi connectivity index (χ4n) is 2.34. The first kappa shape index (κ1) is 15.0. The van der Waals surface area contributed by atoms with E-state index in [0.717, 1.165) is 17.1 Å². The van der Waals surface area contributed by atoms with E-state index in [1.54, 1.807) is 12.4 Å². The largest absolute Gasteiger partial charge is 0.366 e. The van der Waals surface area contributed by atoms with Gasteiger partial charge in [0.15, 0.2) is 0 Å². The Morgan fingerprint density at radius 1 is 0.957 bits per heavy atom. The van der Waals surface area contributed by atoms with Crippen molar-refractivity contribution in [2.75, 3.05) is 10.6 Å². The molecule has 5 nitrogen and oxygen atoms in total. The minimum Gasteiger partial charge on any atom is -0.366 e. The minimum atomic E-state index is 0.582. The highest BCUT2D eigenvalue weighted by Gasteiger charge is 2.05. The molecule has 0 aliphatic rings. The number of rotatable bonds is 5. The lowest BCUT2D eigenvalue weighted by atomic mass is 10.1. The summed E-state index contributed by atoms with van der Waals surface area (Å²) in [7, 11) is 0. The Balaban J connectivity index is 1.72. The zero-order valence-corrected chi connectivity index (χ0v) is 13.2. The van der Waals surface area contributed by atoms with Gasteiger partial charge >= 0.3 is 0 Å². The second-order valence-corrected chi connectivity index (χ2v) is 5.37. The molecule has 0 saturated heterocycles. The SMILES string of the molecule is Cc1cccc(C)c1Nc1nccc(NCc2cccnc2)n1. The monoisotopic (exact) mass is 305 g/mol. The van der Waals surface area contributed by atoms with Gasteiger partial charge in [-0.1, -0.05) is 24.3 Å². The average molecular weight is 305 g/mol. The Morgan fingerprint density at radius 3 is 2.52 bits per heavy atom. The van der Waals surface area contributed by atoms with E-state index in [2.05, 4.69) is 51.6 Å². The summed E-state index contributed by atoms with van der Waals surface area (Å²) in [5.74, 6) is 1.36. The Hall–Kier alpha value is -2.95. The quantitative estimate of drug-likeness (QED) is 0.750. The highest BCUT2D eigenvalue weighted by molar-refractivity contribution is 5.63. The fourth-order valence-corrected chi connectivity index (χ4v) is 2.34. The van der Waals surface area contributed by atoms with Crippen LogP contribution in [0.5, 0.6) is 0 Å². The van der Waals surface area contributed by atoms with E-state index < -0.39 is 0 Å². The topological polar surface area (TPSA) is 62.7 Å². The van der Waals surface area contributed by atoms with Gasteiger partial charge in [0.25, 0.3) is 0 Å². The third-order valence-electron chi connectivity index (χ3n) is 3.57. The van der Waals surface area contributed by atoms with Crippen LogP contribution in [-0.4, -0.2) is 15.0 Å². The molecule has 0 saturated carbocycles. The number of benzene rings is 1. The summed E-state index contributed by atoms with van der Waals surface area (Å²) < 4.78 is 0. The summed E-state index contributed by atoms with van der Waals surface area (Å²) >= 11 is 0. The normalized spacial score (nSPS) is 10.3. The number of aryl methyl sites for hydroxylation is 2. The number of para-hydroxylation sites is 1. The second kappa shape index (κ2) is 6.87. The van der Waals surface area contributed by atoms with Crippen LogP contribution in [0.2, 0.25) is 0 Å². The summed E-state index contributed by atoms with van der Waals surface area (Å²) in [5, 5.41) is 6.59. The van der Waals surface area contributed by atoms with Gasteiger partial charge in [-0.3, -0.25) is 4.98 Å². The number of pyridine rings is 1. The minimum absolute atomic E-state index is 0.582. The lowest BCUT2D eigenvalue weighted by molar-refractivity contribution is 1.07. The number of aromatic nitrogens is 3. The predicted molar refractivity (Wildman–Crippen MR) is 92.8 cm³/mol. The van der Waals surface area contributed by atoms with Crippen molar-refractivity contribution in [2.45, 2.75) is 20.4 Å². The zero-order valence-electron chi connectivity index (χ0n) is 13.2. The van der Waals surface area contributed by atoms with Gasteiger partial charge in [0.05, 0.1) is 0 Å². The van der Waals surface area contributed by atoms with Crippen molar-refractivity contribution < 1.29 is 0 Å². The van der Waals surface area contributed by atoms with E-state index in [9.17, 15) is 0 Å². The molecule has 1 aromatic carbocycles. The standard InChI is InChI=1S/C18H19N5/c1-13-5-3-6-14(2)17(13)23-18-20-10-8-16(22-18)21-12-15-7-4-9-19-11-15/h3-11H,12H2,1-2H3,(H2,20,21,22,23). The molecule has 3 rings (SSSR count). The summed E-state index contributed by atoms with van der Waals surface area (Å²) in [4.78, 5) is 12.9. The van der Waals surface area contributed by atoms with Gasteiger partial charge in [-0.2, -0.15) is 4.98 Å². The van der Waals surface area contributed by atoms with Crippen LogP contribution in [0.1, 0.15) is 16.7 Å². The van der Waals surface area contributed by atoms with Crippen molar-refractivity contribution in [1.82, 2.24) is 15.0 Å². The Labute approximate surface area is 135 Å². The first-order valence-electron chi connectivity index (χ1n) is 7.51. The Morgan fingerprint density at radius 2 is 1.78 bits per heavy atom. The highest BCUT2D eigenvalue weighted by atomic mass is 15.1. The lowest BCUT2D eigenvalue weighted by Gasteiger charge is -2.12. The molecular formula is C18H19N5. The molecule has 0 aliphatic carbocycles. The maximum atomic E-state index is 4.51. The summed E-state index contributed by atoms with van der Waals surface area (Å²) in [6, 6.07) is 12.0. The lowest BCUT2D eigenvalue weighted by Crippen LogP contribution is -2.05. The summed E-state index contributed by atoms with van der Waals surface area (Å²) in [6.07, 6.45) is 5.35. The van der Waals surface area contributed by atoms with Gasteiger partial charge in [-0.25, -0.2) is 4.98 Å². The van der Waals surface area contributed by atoms with E-state index in [4.69, 9.17) is 0 Å². The molecule has 0 unspecified atom stereocenters. The molecule has 0 amide bonds. The highest BCUT2D eigenvalue weighted by Crippen LogP contribution is 2.22. The molecule has 2 aromatic heterocycles. The van der Waals surface area contributed by atoms with Gasteiger partial charge in [-0.15, -0.1) is 0 Å². The van der Waals surface area contributed by atoms with Gasteiger partial charge in [0.1, 0.15) is 5.82 Å². The second-order valence-electron chi connectivity index (χ2n) is 5.37. The van der Waals surface area contributed by atoms with Crippen molar-refractivity contribution in [3.05, 3.63) is 71.7 Å². The number of hydrogen-bond donors (Lipinski definition) is 2. The molecule has 0 radical (unpaired) electrons. The fraction of sp³-hybridized carbons (Fsp3) is 0.167.